The zero-order valence-electron chi connectivity index (χ0n) is 16.1. The summed E-state index contributed by atoms with van der Waals surface area (Å²) in [5.74, 6) is 1.25. The molecule has 0 aliphatic carbocycles. The fourth-order valence-electron chi connectivity index (χ4n) is 2.84. The van der Waals surface area contributed by atoms with Crippen LogP contribution in [0, 0.1) is 5.92 Å². The number of nitrogens with zero attached hydrogens (tertiary/aromatic N) is 1. The molecule has 2 N–H and O–H groups in total. The summed E-state index contributed by atoms with van der Waals surface area (Å²) in [6, 6.07) is 4.53. The number of ether oxygens (including phenoxy) is 3. The van der Waals surface area contributed by atoms with Crippen LogP contribution >= 0.6 is 11.6 Å². The molecule has 0 spiro atoms. The van der Waals surface area contributed by atoms with Gasteiger partial charge in [0.05, 0.1) is 0 Å². The molecule has 0 amide bonds. The molecular formula is C19H28ClF2N3O3. The maximum absolute atomic E-state index is 12.5. The number of benzene rings is 1. The molecule has 2 rings (SSSR count). The van der Waals surface area contributed by atoms with E-state index < -0.39 is 6.61 Å². The Morgan fingerprint density at radius 1 is 1.32 bits per heavy atom. The van der Waals surface area contributed by atoms with Gasteiger partial charge in [0.15, 0.2) is 5.96 Å². The number of aliphatic imine (C=N–C) groups is 1. The van der Waals surface area contributed by atoms with Gasteiger partial charge < -0.3 is 24.8 Å². The van der Waals surface area contributed by atoms with E-state index in [1.165, 1.54) is 12.1 Å². The van der Waals surface area contributed by atoms with Gasteiger partial charge in [0, 0.05) is 57.2 Å². The van der Waals surface area contributed by atoms with Gasteiger partial charge in [-0.25, -0.2) is 0 Å². The molecule has 9 heteroatoms. The average molecular weight is 420 g/mol. The summed E-state index contributed by atoms with van der Waals surface area (Å²) >= 11 is 5.95. The molecule has 1 saturated heterocycles. The first kappa shape index (κ1) is 22.6. The summed E-state index contributed by atoms with van der Waals surface area (Å²) in [6.45, 7) is 1.15. The first-order valence-corrected chi connectivity index (χ1v) is 9.79. The van der Waals surface area contributed by atoms with E-state index in [1.54, 1.807) is 13.1 Å². The molecule has 0 aromatic heterocycles. The topological polar surface area (TPSA) is 64.1 Å². The first-order chi connectivity index (χ1) is 13.6. The molecule has 6 nitrogen and oxygen atoms in total. The molecule has 1 aromatic carbocycles. The SMILES string of the molecule is CN=C(NCCCOCC1CCOCC1)NCc1cc(Cl)ccc1OC(F)F. The molecule has 0 bridgehead atoms. The lowest BCUT2D eigenvalue weighted by Gasteiger charge is -2.21. The van der Waals surface area contributed by atoms with E-state index in [9.17, 15) is 8.78 Å². The van der Waals surface area contributed by atoms with E-state index in [0.717, 1.165) is 39.1 Å². The normalized spacial score (nSPS) is 15.7. The number of hydrogen-bond acceptors (Lipinski definition) is 4. The molecule has 1 aliphatic rings. The smallest absolute Gasteiger partial charge is 0.387 e. The van der Waals surface area contributed by atoms with Crippen LogP contribution in [0.3, 0.4) is 0 Å². The highest BCUT2D eigenvalue weighted by molar-refractivity contribution is 6.30. The van der Waals surface area contributed by atoms with Crippen molar-refractivity contribution < 1.29 is 23.0 Å². The van der Waals surface area contributed by atoms with Gasteiger partial charge in [-0.05, 0) is 43.4 Å². The number of guanidine groups is 1. The van der Waals surface area contributed by atoms with Crippen LogP contribution in [0.1, 0.15) is 24.8 Å². The Labute approximate surface area is 169 Å². The number of rotatable bonds is 10. The fraction of sp³-hybridized carbons (Fsp3) is 0.632. The second-order valence-electron chi connectivity index (χ2n) is 6.47. The fourth-order valence-corrected chi connectivity index (χ4v) is 3.04. The maximum atomic E-state index is 12.5. The Morgan fingerprint density at radius 2 is 2.11 bits per heavy atom. The van der Waals surface area contributed by atoms with Crippen molar-refractivity contribution in [1.82, 2.24) is 10.6 Å². The summed E-state index contributed by atoms with van der Waals surface area (Å²) < 4.78 is 40.6. The number of nitrogens with one attached hydrogen (secondary N) is 2. The second-order valence-corrected chi connectivity index (χ2v) is 6.90. The molecule has 1 aliphatic heterocycles. The Kier molecular flexibility index (Phi) is 10.3. The number of halogens is 3. The van der Waals surface area contributed by atoms with Crippen LogP contribution < -0.4 is 15.4 Å². The zero-order valence-corrected chi connectivity index (χ0v) is 16.8. The zero-order chi connectivity index (χ0) is 20.2. The average Bonchev–Trinajstić information content (AvgIpc) is 2.69. The van der Waals surface area contributed by atoms with Crippen LogP contribution in [-0.2, 0) is 16.0 Å². The van der Waals surface area contributed by atoms with Gasteiger partial charge in [0.2, 0.25) is 0 Å². The van der Waals surface area contributed by atoms with E-state index >= 15 is 0 Å². The van der Waals surface area contributed by atoms with Gasteiger partial charge in [-0.3, -0.25) is 4.99 Å². The highest BCUT2D eigenvalue weighted by Gasteiger charge is 2.13. The molecule has 158 valence electrons. The number of hydrogen-bond donors (Lipinski definition) is 2. The molecule has 0 unspecified atom stereocenters. The van der Waals surface area contributed by atoms with E-state index in [1.807, 2.05) is 0 Å². The van der Waals surface area contributed by atoms with E-state index in [2.05, 4.69) is 20.4 Å². The Balaban J connectivity index is 1.66. The third kappa shape index (κ3) is 8.58. The molecule has 1 aromatic rings. The van der Waals surface area contributed by atoms with Crippen LogP contribution in [0.25, 0.3) is 0 Å². The lowest BCUT2D eigenvalue weighted by molar-refractivity contribution is -0.0504. The first-order valence-electron chi connectivity index (χ1n) is 9.41. The summed E-state index contributed by atoms with van der Waals surface area (Å²) in [7, 11) is 1.64. The minimum atomic E-state index is -2.89. The van der Waals surface area contributed by atoms with Crippen molar-refractivity contribution in [3.63, 3.8) is 0 Å². The predicted molar refractivity (Wildman–Crippen MR) is 105 cm³/mol. The standard InChI is InChI=1S/C19H28ClF2N3O3/c1-23-19(24-7-2-8-27-13-14-5-9-26-10-6-14)25-12-15-11-16(20)3-4-17(15)28-18(21)22/h3-4,11,14,18H,2,5-10,12-13H2,1H3,(H2,23,24,25). The van der Waals surface area contributed by atoms with Gasteiger partial charge in [-0.1, -0.05) is 11.6 Å². The maximum Gasteiger partial charge on any atom is 0.387 e. The van der Waals surface area contributed by atoms with E-state index in [0.29, 0.717) is 35.6 Å². The largest absolute Gasteiger partial charge is 0.434 e. The Hall–Kier alpha value is -1.64. The van der Waals surface area contributed by atoms with E-state index in [4.69, 9.17) is 21.1 Å². The van der Waals surface area contributed by atoms with Gasteiger partial charge in [-0.2, -0.15) is 8.78 Å². The summed E-state index contributed by atoms with van der Waals surface area (Å²) in [6.07, 6.45) is 2.96. The molecular weight excluding hydrogens is 392 g/mol. The summed E-state index contributed by atoms with van der Waals surface area (Å²) in [5, 5.41) is 6.69. The van der Waals surface area contributed by atoms with Crippen LogP contribution in [0.4, 0.5) is 8.78 Å². The van der Waals surface area contributed by atoms with Crippen molar-refractivity contribution in [3.8, 4) is 5.75 Å². The summed E-state index contributed by atoms with van der Waals surface area (Å²) in [4.78, 5) is 4.13. The van der Waals surface area contributed by atoms with Crippen molar-refractivity contribution >= 4 is 17.6 Å². The molecule has 1 heterocycles. The molecule has 28 heavy (non-hydrogen) atoms. The van der Waals surface area contributed by atoms with Crippen LogP contribution in [-0.4, -0.2) is 52.6 Å². The quantitative estimate of drug-likeness (QED) is 0.345. The minimum Gasteiger partial charge on any atom is -0.434 e. The molecule has 0 saturated carbocycles. The lowest BCUT2D eigenvalue weighted by Crippen LogP contribution is -2.37. The highest BCUT2D eigenvalue weighted by Crippen LogP contribution is 2.24. The van der Waals surface area contributed by atoms with Crippen molar-refractivity contribution in [1.29, 1.82) is 0 Å². The minimum absolute atomic E-state index is 0.0869. The Bertz CT molecular complexity index is 614. The third-order valence-electron chi connectivity index (χ3n) is 4.36. The van der Waals surface area contributed by atoms with Gasteiger partial charge in [0.25, 0.3) is 0 Å². The highest BCUT2D eigenvalue weighted by atomic mass is 35.5. The van der Waals surface area contributed by atoms with Crippen molar-refractivity contribution in [2.24, 2.45) is 10.9 Å². The molecule has 0 radical (unpaired) electrons. The van der Waals surface area contributed by atoms with Gasteiger partial charge in [-0.15, -0.1) is 0 Å². The predicted octanol–water partition coefficient (Wildman–Crippen LogP) is 3.44. The van der Waals surface area contributed by atoms with Crippen LogP contribution in [0.15, 0.2) is 23.2 Å². The lowest BCUT2D eigenvalue weighted by atomic mass is 10.0. The van der Waals surface area contributed by atoms with E-state index in [-0.39, 0.29) is 12.3 Å². The van der Waals surface area contributed by atoms with Crippen LogP contribution in [0.5, 0.6) is 5.75 Å². The van der Waals surface area contributed by atoms with Crippen molar-refractivity contribution in [2.45, 2.75) is 32.4 Å². The summed E-state index contributed by atoms with van der Waals surface area (Å²) in [5.41, 5.74) is 0.524. The van der Waals surface area contributed by atoms with Gasteiger partial charge >= 0.3 is 6.61 Å². The van der Waals surface area contributed by atoms with Crippen molar-refractivity contribution in [3.05, 3.63) is 28.8 Å². The van der Waals surface area contributed by atoms with Crippen molar-refractivity contribution in [2.75, 3.05) is 40.0 Å². The monoisotopic (exact) mass is 419 g/mol. The molecule has 0 atom stereocenters. The Morgan fingerprint density at radius 3 is 2.82 bits per heavy atom. The molecule has 1 fully saturated rings. The third-order valence-corrected chi connectivity index (χ3v) is 4.60. The van der Waals surface area contributed by atoms with Gasteiger partial charge in [0.1, 0.15) is 5.75 Å². The second kappa shape index (κ2) is 12.7. The number of alkyl halides is 2. The van der Waals surface area contributed by atoms with Crippen LogP contribution in [0.2, 0.25) is 5.02 Å².